The number of hydrogen-bond acceptors (Lipinski definition) is 6. The van der Waals surface area contributed by atoms with E-state index in [2.05, 4.69) is 36.8 Å². The van der Waals surface area contributed by atoms with Crippen LogP contribution in [0.4, 0.5) is 5.82 Å². The number of amidine groups is 1. The van der Waals surface area contributed by atoms with Gasteiger partial charge in [0.2, 0.25) is 0 Å². The number of aromatic nitrogens is 2. The van der Waals surface area contributed by atoms with Crippen LogP contribution in [0, 0.1) is 0 Å². The molecule has 2 atom stereocenters. The molecule has 0 aromatic carbocycles. The maximum absolute atomic E-state index is 5.16. The molecule has 1 saturated carbocycles. The van der Waals surface area contributed by atoms with Crippen molar-refractivity contribution in [2.45, 2.75) is 50.2 Å². The fraction of sp³-hybridized carbons (Fsp3) is 0.591. The minimum atomic E-state index is 0.326. The largest absolute Gasteiger partial charge is 0.351 e. The second-order valence-corrected chi connectivity index (χ2v) is 8.71. The molecule has 2 unspecified atom stereocenters. The quantitative estimate of drug-likeness (QED) is 0.792. The van der Waals surface area contributed by atoms with E-state index in [9.17, 15) is 0 Å². The predicted molar refractivity (Wildman–Crippen MR) is 111 cm³/mol. The summed E-state index contributed by atoms with van der Waals surface area (Å²) in [5, 5.41) is 0. The molecule has 0 amide bonds. The van der Waals surface area contributed by atoms with E-state index in [4.69, 9.17) is 4.99 Å². The first-order valence-electron chi connectivity index (χ1n) is 10.9. The second-order valence-electron chi connectivity index (χ2n) is 8.71. The van der Waals surface area contributed by atoms with E-state index in [1.165, 1.54) is 49.3 Å². The molecule has 146 valence electrons. The van der Waals surface area contributed by atoms with Gasteiger partial charge in [-0.1, -0.05) is 18.6 Å². The third-order valence-corrected chi connectivity index (χ3v) is 7.22. The highest BCUT2D eigenvalue weighted by Gasteiger charge is 2.39. The van der Waals surface area contributed by atoms with E-state index in [0.717, 1.165) is 44.3 Å². The number of nitrogens with zero attached hydrogens (tertiary/aromatic N) is 6. The van der Waals surface area contributed by atoms with Gasteiger partial charge in [-0.2, -0.15) is 0 Å². The van der Waals surface area contributed by atoms with E-state index >= 15 is 0 Å². The number of fused-ring (bicyclic) bond motifs is 4. The zero-order chi connectivity index (χ0) is 18.5. The van der Waals surface area contributed by atoms with Crippen molar-refractivity contribution in [3.63, 3.8) is 0 Å². The molecule has 2 aliphatic carbocycles. The monoisotopic (exact) mass is 376 g/mol. The topological polar surface area (TPSA) is 47.9 Å². The molecule has 3 fully saturated rings. The van der Waals surface area contributed by atoms with Crippen molar-refractivity contribution in [1.82, 2.24) is 19.8 Å². The first-order valence-corrected chi connectivity index (χ1v) is 10.9. The first-order chi connectivity index (χ1) is 13.8. The minimum absolute atomic E-state index is 0.326. The molecule has 28 heavy (non-hydrogen) atoms. The molecule has 4 heterocycles. The molecule has 5 aliphatic rings. The van der Waals surface area contributed by atoms with Gasteiger partial charge in [-0.05, 0) is 30.4 Å². The molecule has 0 N–H and O–H groups in total. The van der Waals surface area contributed by atoms with Crippen LogP contribution in [-0.2, 0) is 0 Å². The Balaban J connectivity index is 1.22. The third kappa shape index (κ3) is 2.77. The van der Waals surface area contributed by atoms with Gasteiger partial charge in [-0.3, -0.25) is 14.9 Å². The van der Waals surface area contributed by atoms with Gasteiger partial charge in [-0.15, -0.1) is 0 Å². The van der Waals surface area contributed by atoms with Crippen molar-refractivity contribution in [2.75, 3.05) is 37.6 Å². The fourth-order valence-corrected chi connectivity index (χ4v) is 5.41. The molecule has 3 aliphatic heterocycles. The second kappa shape index (κ2) is 6.69. The number of anilines is 1. The lowest BCUT2D eigenvalue weighted by Gasteiger charge is -2.38. The van der Waals surface area contributed by atoms with Crippen LogP contribution >= 0.6 is 0 Å². The summed E-state index contributed by atoms with van der Waals surface area (Å²) in [5.41, 5.74) is 2.97. The normalized spacial score (nSPS) is 30.4. The fourth-order valence-electron chi connectivity index (χ4n) is 5.41. The van der Waals surface area contributed by atoms with E-state index in [0.29, 0.717) is 12.1 Å². The Morgan fingerprint density at radius 2 is 1.89 bits per heavy atom. The van der Waals surface area contributed by atoms with E-state index in [1.54, 1.807) is 12.4 Å². The standard InChI is InChI=1S/C22H28N6/c1-2-18(3-1)26-9-5-21-25-19-12-16-4-8-27(22-14-23-6-7-24-22)15-17(16)13-20(19)28(21)11-10-26/h6-7,12-14,18-20H,1-5,8-11,15H2. The van der Waals surface area contributed by atoms with E-state index in [-0.39, 0.29) is 0 Å². The Morgan fingerprint density at radius 1 is 0.929 bits per heavy atom. The molecule has 1 aromatic heterocycles. The molecule has 6 heteroatoms. The van der Waals surface area contributed by atoms with Gasteiger partial charge < -0.3 is 9.80 Å². The van der Waals surface area contributed by atoms with Crippen molar-refractivity contribution in [3.05, 3.63) is 41.9 Å². The lowest BCUT2D eigenvalue weighted by molar-refractivity contribution is 0.129. The van der Waals surface area contributed by atoms with E-state index in [1.807, 2.05) is 6.20 Å². The van der Waals surface area contributed by atoms with Crippen LogP contribution in [0.1, 0.15) is 32.1 Å². The summed E-state index contributed by atoms with van der Waals surface area (Å²) in [4.78, 5) is 21.6. The SMILES string of the molecule is C1=C2CCN(c3cnccn3)CC2=CC2C1N=C1CCN(C3CCC3)CCN12. The highest BCUT2D eigenvalue weighted by atomic mass is 15.3. The van der Waals surface area contributed by atoms with Crippen molar-refractivity contribution < 1.29 is 0 Å². The minimum Gasteiger partial charge on any atom is -0.351 e. The number of rotatable bonds is 2. The summed E-state index contributed by atoms with van der Waals surface area (Å²) in [6.07, 6.45) is 16.8. The molecule has 1 aromatic rings. The number of aliphatic imine (C=N–C) groups is 1. The summed E-state index contributed by atoms with van der Waals surface area (Å²) in [6.45, 7) is 5.45. The maximum atomic E-state index is 5.16. The Morgan fingerprint density at radius 3 is 2.71 bits per heavy atom. The molecule has 2 saturated heterocycles. The van der Waals surface area contributed by atoms with Crippen LogP contribution in [0.25, 0.3) is 0 Å². The summed E-state index contributed by atoms with van der Waals surface area (Å²) in [6, 6.07) is 1.58. The van der Waals surface area contributed by atoms with Gasteiger partial charge in [0, 0.05) is 57.6 Å². The van der Waals surface area contributed by atoms with Crippen molar-refractivity contribution in [1.29, 1.82) is 0 Å². The highest BCUT2D eigenvalue weighted by molar-refractivity contribution is 5.86. The van der Waals surface area contributed by atoms with Gasteiger partial charge in [0.05, 0.1) is 18.3 Å². The molecule has 0 bridgehead atoms. The van der Waals surface area contributed by atoms with Gasteiger partial charge in [-0.25, -0.2) is 4.98 Å². The zero-order valence-electron chi connectivity index (χ0n) is 16.4. The molecule has 0 spiro atoms. The van der Waals surface area contributed by atoms with Crippen LogP contribution < -0.4 is 4.90 Å². The zero-order valence-corrected chi connectivity index (χ0v) is 16.4. The van der Waals surface area contributed by atoms with Crippen LogP contribution in [0.15, 0.2) is 46.9 Å². The molecule has 6 nitrogen and oxygen atoms in total. The Labute approximate surface area is 166 Å². The van der Waals surface area contributed by atoms with Crippen molar-refractivity contribution >= 4 is 11.7 Å². The van der Waals surface area contributed by atoms with Crippen LogP contribution in [-0.4, -0.2) is 76.5 Å². The Hall–Kier alpha value is -2.21. The maximum Gasteiger partial charge on any atom is 0.147 e. The van der Waals surface area contributed by atoms with Crippen molar-refractivity contribution in [3.8, 4) is 0 Å². The predicted octanol–water partition coefficient (Wildman–Crippen LogP) is 2.26. The summed E-state index contributed by atoms with van der Waals surface area (Å²) >= 11 is 0. The summed E-state index contributed by atoms with van der Waals surface area (Å²) in [7, 11) is 0. The molecule has 6 rings (SSSR count). The number of hydrogen-bond donors (Lipinski definition) is 0. The molecular formula is C22H28N6. The first kappa shape index (κ1) is 16.7. The average molecular weight is 377 g/mol. The van der Waals surface area contributed by atoms with Crippen LogP contribution in [0.2, 0.25) is 0 Å². The van der Waals surface area contributed by atoms with Crippen LogP contribution in [0.5, 0.6) is 0 Å². The Bertz CT molecular complexity index is 840. The van der Waals surface area contributed by atoms with Gasteiger partial charge >= 0.3 is 0 Å². The highest BCUT2D eigenvalue weighted by Crippen LogP contribution is 2.36. The molecule has 0 radical (unpaired) electrons. The van der Waals surface area contributed by atoms with Gasteiger partial charge in [0.1, 0.15) is 11.7 Å². The summed E-state index contributed by atoms with van der Waals surface area (Å²) in [5.74, 6) is 2.33. The van der Waals surface area contributed by atoms with Gasteiger partial charge in [0.25, 0.3) is 0 Å². The third-order valence-electron chi connectivity index (χ3n) is 7.22. The van der Waals surface area contributed by atoms with E-state index < -0.39 is 0 Å². The van der Waals surface area contributed by atoms with Crippen molar-refractivity contribution in [2.24, 2.45) is 4.99 Å². The Kier molecular flexibility index (Phi) is 4.00. The van der Waals surface area contributed by atoms with Gasteiger partial charge in [0.15, 0.2) is 0 Å². The van der Waals surface area contributed by atoms with Crippen LogP contribution in [0.3, 0.4) is 0 Å². The lowest BCUT2D eigenvalue weighted by atomic mass is 9.87. The summed E-state index contributed by atoms with van der Waals surface area (Å²) < 4.78 is 0. The molecular weight excluding hydrogens is 348 g/mol. The number of piperidine rings is 1. The smallest absolute Gasteiger partial charge is 0.147 e. The average Bonchev–Trinajstić information content (AvgIpc) is 2.90. The lowest BCUT2D eigenvalue weighted by Crippen LogP contribution is -2.45.